The van der Waals surface area contributed by atoms with Crippen LogP contribution in [0.4, 0.5) is 11.4 Å². The SMILES string of the molecule is Nc1cnccc1NC(=O)c1csc2ccccc12. The Bertz CT molecular complexity index is 751. The molecule has 19 heavy (non-hydrogen) atoms. The van der Waals surface area contributed by atoms with Crippen LogP contribution in [0.5, 0.6) is 0 Å². The van der Waals surface area contributed by atoms with E-state index in [0.717, 1.165) is 10.1 Å². The molecular weight excluding hydrogens is 258 g/mol. The number of nitrogens with zero attached hydrogens (tertiary/aromatic N) is 1. The molecule has 0 aliphatic heterocycles. The number of carbonyl (C=O) groups is 1. The highest BCUT2D eigenvalue weighted by Crippen LogP contribution is 2.26. The van der Waals surface area contributed by atoms with Crippen LogP contribution in [0.3, 0.4) is 0 Å². The predicted molar refractivity (Wildman–Crippen MR) is 78.4 cm³/mol. The van der Waals surface area contributed by atoms with E-state index in [4.69, 9.17) is 5.73 Å². The van der Waals surface area contributed by atoms with Crippen LogP contribution < -0.4 is 11.1 Å². The summed E-state index contributed by atoms with van der Waals surface area (Å²) < 4.78 is 1.09. The maximum Gasteiger partial charge on any atom is 0.257 e. The summed E-state index contributed by atoms with van der Waals surface area (Å²) in [5, 5.41) is 5.62. The zero-order chi connectivity index (χ0) is 13.2. The Morgan fingerprint density at radius 2 is 2.11 bits per heavy atom. The zero-order valence-corrected chi connectivity index (χ0v) is 10.8. The van der Waals surface area contributed by atoms with Gasteiger partial charge < -0.3 is 11.1 Å². The lowest BCUT2D eigenvalue weighted by Crippen LogP contribution is -2.12. The average Bonchev–Trinajstić information content (AvgIpc) is 2.85. The molecule has 0 fully saturated rings. The third-order valence-corrected chi connectivity index (χ3v) is 3.79. The van der Waals surface area contributed by atoms with E-state index in [9.17, 15) is 4.79 Å². The second-order valence-corrected chi connectivity index (χ2v) is 4.97. The van der Waals surface area contributed by atoms with E-state index < -0.39 is 0 Å². The number of nitrogens with two attached hydrogens (primary N) is 1. The Morgan fingerprint density at radius 1 is 1.26 bits per heavy atom. The van der Waals surface area contributed by atoms with Crippen LogP contribution in [0.25, 0.3) is 10.1 Å². The van der Waals surface area contributed by atoms with Crippen LogP contribution in [-0.2, 0) is 0 Å². The van der Waals surface area contributed by atoms with Gasteiger partial charge in [0, 0.05) is 21.7 Å². The van der Waals surface area contributed by atoms with E-state index in [-0.39, 0.29) is 5.91 Å². The molecule has 0 radical (unpaired) electrons. The summed E-state index contributed by atoms with van der Waals surface area (Å²) in [6.07, 6.45) is 3.11. The van der Waals surface area contributed by atoms with Crippen LogP contribution >= 0.6 is 11.3 Å². The minimum absolute atomic E-state index is 0.157. The first-order valence-electron chi connectivity index (χ1n) is 5.73. The van der Waals surface area contributed by atoms with Crippen molar-refractivity contribution in [2.45, 2.75) is 0 Å². The maximum atomic E-state index is 12.3. The summed E-state index contributed by atoms with van der Waals surface area (Å²) in [5.41, 5.74) is 7.46. The van der Waals surface area contributed by atoms with Crippen molar-refractivity contribution in [3.63, 3.8) is 0 Å². The first-order chi connectivity index (χ1) is 9.25. The lowest BCUT2D eigenvalue weighted by molar-refractivity contribution is 0.102. The van der Waals surface area contributed by atoms with Crippen LogP contribution in [0.2, 0.25) is 0 Å². The summed E-state index contributed by atoms with van der Waals surface area (Å²) in [5.74, 6) is -0.157. The van der Waals surface area contributed by atoms with Crippen molar-refractivity contribution in [1.29, 1.82) is 0 Å². The summed E-state index contributed by atoms with van der Waals surface area (Å²) in [4.78, 5) is 16.2. The molecule has 0 atom stereocenters. The van der Waals surface area contributed by atoms with E-state index in [1.165, 1.54) is 6.20 Å². The van der Waals surface area contributed by atoms with Crippen molar-refractivity contribution in [3.05, 3.63) is 53.7 Å². The number of anilines is 2. The number of aromatic nitrogens is 1. The second-order valence-electron chi connectivity index (χ2n) is 4.06. The molecule has 1 amide bonds. The molecule has 1 aromatic carbocycles. The van der Waals surface area contributed by atoms with Gasteiger partial charge in [0.05, 0.1) is 23.1 Å². The van der Waals surface area contributed by atoms with Gasteiger partial charge in [0.1, 0.15) is 0 Å². The molecule has 0 saturated heterocycles. The Hall–Kier alpha value is -2.40. The van der Waals surface area contributed by atoms with Crippen molar-refractivity contribution in [3.8, 4) is 0 Å². The fourth-order valence-corrected chi connectivity index (χ4v) is 2.80. The number of carbonyl (C=O) groups excluding carboxylic acids is 1. The standard InChI is InChI=1S/C14H11N3OS/c15-11-7-16-6-5-12(11)17-14(18)10-8-19-13-4-2-1-3-9(10)13/h1-8H,15H2,(H,16,17,18). The van der Waals surface area contributed by atoms with Crippen molar-refractivity contribution in [1.82, 2.24) is 4.98 Å². The maximum absolute atomic E-state index is 12.3. The van der Waals surface area contributed by atoms with Gasteiger partial charge >= 0.3 is 0 Å². The van der Waals surface area contributed by atoms with Crippen molar-refractivity contribution in [2.24, 2.45) is 0 Å². The van der Waals surface area contributed by atoms with Crippen LogP contribution in [0.1, 0.15) is 10.4 Å². The van der Waals surface area contributed by atoms with Crippen LogP contribution in [-0.4, -0.2) is 10.9 Å². The number of fused-ring (bicyclic) bond motifs is 1. The van der Waals surface area contributed by atoms with Gasteiger partial charge in [-0.15, -0.1) is 11.3 Å². The normalized spacial score (nSPS) is 10.5. The van der Waals surface area contributed by atoms with E-state index in [0.29, 0.717) is 16.9 Å². The number of pyridine rings is 1. The van der Waals surface area contributed by atoms with Gasteiger partial charge in [-0.3, -0.25) is 9.78 Å². The number of rotatable bonds is 2. The molecule has 4 nitrogen and oxygen atoms in total. The Morgan fingerprint density at radius 3 is 2.95 bits per heavy atom. The van der Waals surface area contributed by atoms with E-state index >= 15 is 0 Å². The molecule has 0 aliphatic carbocycles. The zero-order valence-electron chi connectivity index (χ0n) is 9.96. The smallest absolute Gasteiger partial charge is 0.257 e. The molecule has 0 aliphatic rings. The van der Waals surface area contributed by atoms with Gasteiger partial charge in [0.15, 0.2) is 0 Å². The molecule has 0 bridgehead atoms. The topological polar surface area (TPSA) is 68.0 Å². The highest BCUT2D eigenvalue weighted by Gasteiger charge is 2.12. The Labute approximate surface area is 113 Å². The van der Waals surface area contributed by atoms with Gasteiger partial charge in [-0.25, -0.2) is 0 Å². The molecule has 94 valence electrons. The number of hydrogen-bond donors (Lipinski definition) is 2. The van der Waals surface area contributed by atoms with Crippen molar-refractivity contribution >= 4 is 38.7 Å². The minimum atomic E-state index is -0.157. The molecule has 2 aromatic heterocycles. The largest absolute Gasteiger partial charge is 0.396 e. The lowest BCUT2D eigenvalue weighted by atomic mass is 10.1. The summed E-state index contributed by atoms with van der Waals surface area (Å²) >= 11 is 1.55. The van der Waals surface area contributed by atoms with Crippen molar-refractivity contribution < 1.29 is 4.79 Å². The first-order valence-corrected chi connectivity index (χ1v) is 6.61. The highest BCUT2D eigenvalue weighted by molar-refractivity contribution is 7.17. The van der Waals surface area contributed by atoms with Gasteiger partial charge in [-0.2, -0.15) is 0 Å². The minimum Gasteiger partial charge on any atom is -0.396 e. The Kier molecular flexibility index (Phi) is 2.89. The third-order valence-electron chi connectivity index (χ3n) is 2.83. The number of thiophene rings is 1. The molecular formula is C14H11N3OS. The molecule has 3 N–H and O–H groups in total. The molecule has 2 heterocycles. The molecule has 0 spiro atoms. The van der Waals surface area contributed by atoms with Gasteiger partial charge in [0.2, 0.25) is 0 Å². The van der Waals surface area contributed by atoms with Gasteiger partial charge in [0.25, 0.3) is 5.91 Å². The van der Waals surface area contributed by atoms with Gasteiger partial charge in [-0.05, 0) is 12.1 Å². The number of amides is 1. The van der Waals surface area contributed by atoms with Crippen molar-refractivity contribution in [2.75, 3.05) is 11.1 Å². The summed E-state index contributed by atoms with van der Waals surface area (Å²) in [6, 6.07) is 9.50. The monoisotopic (exact) mass is 269 g/mol. The summed E-state index contributed by atoms with van der Waals surface area (Å²) in [7, 11) is 0. The number of nitrogens with one attached hydrogen (secondary N) is 1. The highest BCUT2D eigenvalue weighted by atomic mass is 32.1. The molecule has 0 unspecified atom stereocenters. The van der Waals surface area contributed by atoms with Crippen LogP contribution in [0, 0.1) is 0 Å². The molecule has 0 saturated carbocycles. The number of benzene rings is 1. The lowest BCUT2D eigenvalue weighted by Gasteiger charge is -2.06. The quantitative estimate of drug-likeness (QED) is 0.751. The van der Waals surface area contributed by atoms with E-state index in [1.807, 2.05) is 29.6 Å². The first kappa shape index (κ1) is 11.7. The summed E-state index contributed by atoms with van der Waals surface area (Å²) in [6.45, 7) is 0. The van der Waals surface area contributed by atoms with Gasteiger partial charge in [-0.1, -0.05) is 18.2 Å². The Balaban J connectivity index is 1.95. The van der Waals surface area contributed by atoms with E-state index in [1.54, 1.807) is 23.6 Å². The predicted octanol–water partition coefficient (Wildman–Crippen LogP) is 3.13. The number of hydrogen-bond acceptors (Lipinski definition) is 4. The second kappa shape index (κ2) is 4.70. The van der Waals surface area contributed by atoms with Crippen LogP contribution in [0.15, 0.2) is 48.1 Å². The fourth-order valence-electron chi connectivity index (χ4n) is 1.86. The fraction of sp³-hybridized carbons (Fsp3) is 0. The number of nitrogen functional groups attached to an aromatic ring is 1. The molecule has 3 rings (SSSR count). The average molecular weight is 269 g/mol. The van der Waals surface area contributed by atoms with E-state index in [2.05, 4.69) is 10.3 Å². The molecule has 3 aromatic rings. The molecule has 5 heteroatoms. The third kappa shape index (κ3) is 2.15.